The number of phenolic OH excluding ortho intramolecular Hbond substituents is 1. The van der Waals surface area contributed by atoms with Crippen LogP contribution in [-0.2, 0) is 0 Å². The lowest BCUT2D eigenvalue weighted by molar-refractivity contribution is 0.0743. The van der Waals surface area contributed by atoms with Crippen LogP contribution in [0, 0.1) is 6.92 Å². The summed E-state index contributed by atoms with van der Waals surface area (Å²) < 4.78 is 0.949. The van der Waals surface area contributed by atoms with Gasteiger partial charge in [0.05, 0.1) is 5.56 Å². The number of pyridine rings is 1. The summed E-state index contributed by atoms with van der Waals surface area (Å²) in [7, 11) is 0. The number of hydrogen-bond donors (Lipinski definition) is 1. The van der Waals surface area contributed by atoms with Crippen molar-refractivity contribution in [2.75, 3.05) is 31.1 Å². The van der Waals surface area contributed by atoms with Crippen molar-refractivity contribution in [2.45, 2.75) is 6.92 Å². The number of piperazine rings is 1. The minimum absolute atomic E-state index is 0.0482. The second kappa shape index (κ2) is 6.58. The molecule has 1 saturated heterocycles. The van der Waals surface area contributed by atoms with Gasteiger partial charge in [0, 0.05) is 36.8 Å². The first-order chi connectivity index (χ1) is 11.0. The minimum Gasteiger partial charge on any atom is -0.507 e. The van der Waals surface area contributed by atoms with Gasteiger partial charge in [0.25, 0.3) is 5.91 Å². The van der Waals surface area contributed by atoms with Crippen LogP contribution in [0.4, 0.5) is 5.82 Å². The summed E-state index contributed by atoms with van der Waals surface area (Å²) in [6, 6.07) is 9.08. The van der Waals surface area contributed by atoms with Gasteiger partial charge in [-0.3, -0.25) is 4.79 Å². The monoisotopic (exact) mass is 375 g/mol. The van der Waals surface area contributed by atoms with Crippen molar-refractivity contribution in [3.63, 3.8) is 0 Å². The molecule has 5 nitrogen and oxygen atoms in total. The van der Waals surface area contributed by atoms with Crippen molar-refractivity contribution in [3.05, 3.63) is 52.1 Å². The smallest absolute Gasteiger partial charge is 0.257 e. The largest absolute Gasteiger partial charge is 0.507 e. The van der Waals surface area contributed by atoms with Crippen LogP contribution in [0.15, 0.2) is 41.0 Å². The van der Waals surface area contributed by atoms with Crippen LogP contribution in [-0.4, -0.2) is 47.1 Å². The molecule has 0 unspecified atom stereocenters. The molecular weight excluding hydrogens is 358 g/mol. The van der Waals surface area contributed by atoms with Gasteiger partial charge in [0.2, 0.25) is 0 Å². The highest BCUT2D eigenvalue weighted by molar-refractivity contribution is 9.10. The maximum atomic E-state index is 12.5. The first kappa shape index (κ1) is 15.8. The van der Waals surface area contributed by atoms with Crippen molar-refractivity contribution in [3.8, 4) is 5.75 Å². The highest BCUT2D eigenvalue weighted by atomic mass is 79.9. The SMILES string of the molecule is Cc1ccc(C(=O)N2CCN(c3ccc(Br)cn3)CC2)c(O)c1. The normalized spacial score (nSPS) is 14.9. The Kier molecular flexibility index (Phi) is 4.52. The van der Waals surface area contributed by atoms with E-state index in [1.54, 1.807) is 23.2 Å². The van der Waals surface area contributed by atoms with Crippen molar-refractivity contribution in [1.29, 1.82) is 0 Å². The number of carbonyl (C=O) groups is 1. The Bertz CT molecular complexity index is 710. The fraction of sp³-hybridized carbons (Fsp3) is 0.294. The molecule has 1 N–H and O–H groups in total. The van der Waals surface area contributed by atoms with E-state index in [0.29, 0.717) is 18.7 Å². The van der Waals surface area contributed by atoms with E-state index >= 15 is 0 Å². The van der Waals surface area contributed by atoms with Gasteiger partial charge in [-0.25, -0.2) is 4.98 Å². The minimum atomic E-state index is -0.120. The quantitative estimate of drug-likeness (QED) is 0.876. The zero-order valence-corrected chi connectivity index (χ0v) is 14.5. The van der Waals surface area contributed by atoms with Gasteiger partial charge in [-0.2, -0.15) is 0 Å². The number of rotatable bonds is 2. The molecule has 1 aliphatic rings. The zero-order chi connectivity index (χ0) is 16.4. The average Bonchev–Trinajstić information content (AvgIpc) is 2.55. The van der Waals surface area contributed by atoms with E-state index in [2.05, 4.69) is 25.8 Å². The van der Waals surface area contributed by atoms with Crippen LogP contribution < -0.4 is 4.90 Å². The number of aromatic hydroxyl groups is 1. The van der Waals surface area contributed by atoms with E-state index in [1.165, 1.54) is 0 Å². The van der Waals surface area contributed by atoms with Crippen LogP contribution in [0.1, 0.15) is 15.9 Å². The number of anilines is 1. The summed E-state index contributed by atoms with van der Waals surface area (Å²) in [5.41, 5.74) is 1.30. The Morgan fingerprint density at radius 1 is 1.17 bits per heavy atom. The van der Waals surface area contributed by atoms with Gasteiger partial charge in [-0.15, -0.1) is 0 Å². The van der Waals surface area contributed by atoms with Crippen molar-refractivity contribution in [1.82, 2.24) is 9.88 Å². The highest BCUT2D eigenvalue weighted by Gasteiger charge is 2.24. The Morgan fingerprint density at radius 2 is 1.91 bits per heavy atom. The Labute approximate surface area is 143 Å². The van der Waals surface area contributed by atoms with Crippen molar-refractivity contribution in [2.24, 2.45) is 0 Å². The second-order valence-corrected chi connectivity index (χ2v) is 6.55. The molecule has 1 amide bonds. The van der Waals surface area contributed by atoms with Crippen LogP contribution in [0.2, 0.25) is 0 Å². The lowest BCUT2D eigenvalue weighted by atomic mass is 10.1. The van der Waals surface area contributed by atoms with E-state index in [0.717, 1.165) is 28.9 Å². The van der Waals surface area contributed by atoms with Gasteiger partial charge in [-0.1, -0.05) is 6.07 Å². The molecule has 1 fully saturated rings. The van der Waals surface area contributed by atoms with Gasteiger partial charge in [0.15, 0.2) is 0 Å². The number of aryl methyl sites for hydroxylation is 1. The number of aromatic nitrogens is 1. The Balaban J connectivity index is 1.66. The summed E-state index contributed by atoms with van der Waals surface area (Å²) >= 11 is 3.38. The third-order valence-corrected chi connectivity index (χ3v) is 4.46. The fourth-order valence-corrected chi connectivity index (χ4v) is 2.92. The molecule has 0 saturated carbocycles. The predicted molar refractivity (Wildman–Crippen MR) is 92.9 cm³/mol. The average molecular weight is 376 g/mol. The molecule has 120 valence electrons. The molecule has 2 aromatic rings. The number of phenols is 1. The number of hydrogen-bond acceptors (Lipinski definition) is 4. The van der Waals surface area contributed by atoms with E-state index < -0.39 is 0 Å². The summed E-state index contributed by atoms with van der Waals surface area (Å²) in [5, 5.41) is 9.98. The summed E-state index contributed by atoms with van der Waals surface area (Å²) in [5.74, 6) is 0.844. The van der Waals surface area contributed by atoms with Gasteiger partial charge >= 0.3 is 0 Å². The first-order valence-corrected chi connectivity index (χ1v) is 8.29. The predicted octanol–water partition coefficient (Wildman–Crippen LogP) is 2.82. The van der Waals surface area contributed by atoms with Crippen LogP contribution in [0.5, 0.6) is 5.75 Å². The van der Waals surface area contributed by atoms with E-state index in [9.17, 15) is 9.90 Å². The topological polar surface area (TPSA) is 56.7 Å². The molecule has 1 aromatic heterocycles. The fourth-order valence-electron chi connectivity index (χ4n) is 2.69. The molecular formula is C17H18BrN3O2. The summed E-state index contributed by atoms with van der Waals surface area (Å²) in [6.45, 7) is 4.58. The molecule has 2 heterocycles. The lowest BCUT2D eigenvalue weighted by Gasteiger charge is -2.35. The molecule has 0 aliphatic carbocycles. The van der Waals surface area contributed by atoms with E-state index in [-0.39, 0.29) is 11.7 Å². The Morgan fingerprint density at radius 3 is 2.52 bits per heavy atom. The molecule has 6 heteroatoms. The molecule has 0 bridgehead atoms. The number of carbonyl (C=O) groups excluding carboxylic acids is 1. The number of benzene rings is 1. The number of halogens is 1. The molecule has 0 radical (unpaired) electrons. The molecule has 3 rings (SSSR count). The van der Waals surface area contributed by atoms with Gasteiger partial charge < -0.3 is 14.9 Å². The zero-order valence-electron chi connectivity index (χ0n) is 12.9. The first-order valence-electron chi connectivity index (χ1n) is 7.50. The van der Waals surface area contributed by atoms with Crippen LogP contribution in [0.3, 0.4) is 0 Å². The van der Waals surface area contributed by atoms with Crippen molar-refractivity contribution < 1.29 is 9.90 Å². The molecule has 1 aromatic carbocycles. The highest BCUT2D eigenvalue weighted by Crippen LogP contribution is 2.22. The molecule has 0 spiro atoms. The molecule has 23 heavy (non-hydrogen) atoms. The number of nitrogens with zero attached hydrogens (tertiary/aromatic N) is 3. The van der Waals surface area contributed by atoms with E-state index in [1.807, 2.05) is 25.1 Å². The van der Waals surface area contributed by atoms with Crippen LogP contribution >= 0.6 is 15.9 Å². The van der Waals surface area contributed by atoms with E-state index in [4.69, 9.17) is 0 Å². The van der Waals surface area contributed by atoms with Crippen molar-refractivity contribution >= 4 is 27.7 Å². The third kappa shape index (κ3) is 3.47. The second-order valence-electron chi connectivity index (χ2n) is 5.63. The third-order valence-electron chi connectivity index (χ3n) is 3.99. The lowest BCUT2D eigenvalue weighted by Crippen LogP contribution is -2.49. The molecule has 1 aliphatic heterocycles. The standard InChI is InChI=1S/C17H18BrN3O2/c1-12-2-4-14(15(22)10-12)17(23)21-8-6-20(7-9-21)16-5-3-13(18)11-19-16/h2-5,10-11,22H,6-9H2,1H3. The summed E-state index contributed by atoms with van der Waals surface area (Å²) in [6.07, 6.45) is 1.78. The maximum absolute atomic E-state index is 12.5. The molecule has 0 atom stereocenters. The van der Waals surface area contributed by atoms with Crippen LogP contribution in [0.25, 0.3) is 0 Å². The number of amides is 1. The summed E-state index contributed by atoms with van der Waals surface area (Å²) in [4.78, 5) is 20.9. The maximum Gasteiger partial charge on any atom is 0.257 e. The van der Waals surface area contributed by atoms with Gasteiger partial charge in [0.1, 0.15) is 11.6 Å². The van der Waals surface area contributed by atoms with Gasteiger partial charge in [-0.05, 0) is 52.7 Å². The Hall–Kier alpha value is -2.08.